The van der Waals surface area contributed by atoms with Gasteiger partial charge in [0.2, 0.25) is 0 Å². The van der Waals surface area contributed by atoms with Crippen LogP contribution < -0.4 is 10.6 Å². The van der Waals surface area contributed by atoms with Gasteiger partial charge in [-0.15, -0.1) is 0 Å². The molecule has 0 saturated heterocycles. The number of hydrogen-bond donors (Lipinski definition) is 0. The minimum absolute atomic E-state index is 0.266. The minimum Gasteiger partial charge on any atom is -0.305 e. The second kappa shape index (κ2) is 10.3. The van der Waals surface area contributed by atoms with Crippen LogP contribution in [0.1, 0.15) is 27.7 Å². The summed E-state index contributed by atoms with van der Waals surface area (Å²) in [6.07, 6.45) is 0. The van der Waals surface area contributed by atoms with E-state index >= 15 is 0 Å². The van der Waals surface area contributed by atoms with Crippen molar-refractivity contribution < 1.29 is 27.2 Å². The van der Waals surface area contributed by atoms with E-state index in [-0.39, 0.29) is 26.4 Å². The largest absolute Gasteiger partial charge is 0.362 e. The van der Waals surface area contributed by atoms with E-state index in [2.05, 4.69) is 0 Å². The lowest BCUT2D eigenvalue weighted by atomic mass is 10.4. The fourth-order valence-electron chi connectivity index (χ4n) is 1.98. The summed E-state index contributed by atoms with van der Waals surface area (Å²) >= 11 is 4.07. The Bertz CT molecular complexity index is 577. The molecule has 0 heterocycles. The first-order chi connectivity index (χ1) is 11.3. The first kappa shape index (κ1) is 23.0. The van der Waals surface area contributed by atoms with Crippen LogP contribution in [0.5, 0.6) is 0 Å². The van der Waals surface area contributed by atoms with Crippen LogP contribution >= 0.6 is 60.4 Å². The predicted octanol–water partition coefficient (Wildman–Crippen LogP) is 4.68. The Balaban J connectivity index is 3.45. The van der Waals surface area contributed by atoms with Crippen LogP contribution in [0.15, 0.2) is 12.1 Å². The first-order valence-electron chi connectivity index (χ1n) is 7.56. The molecule has 138 valence electrons. The van der Waals surface area contributed by atoms with Crippen molar-refractivity contribution in [1.82, 2.24) is 0 Å². The van der Waals surface area contributed by atoms with Crippen molar-refractivity contribution in [3.8, 4) is 0 Å². The summed E-state index contributed by atoms with van der Waals surface area (Å²) in [6.45, 7) is 8.10. The summed E-state index contributed by atoms with van der Waals surface area (Å²) in [5.74, 6) is 0. The van der Waals surface area contributed by atoms with Crippen molar-refractivity contribution in [3.05, 3.63) is 19.3 Å². The average Bonchev–Trinajstić information content (AvgIpc) is 2.50. The predicted molar refractivity (Wildman–Crippen MR) is 113 cm³/mol. The molecule has 0 amide bonds. The molecule has 0 saturated carbocycles. The number of hydrogen-bond acceptors (Lipinski definition) is 6. The Kier molecular flexibility index (Phi) is 9.93. The SMILES string of the molecule is CCOP(=O)(OCC)c1cc(I)c(P(=O)(OCC)OCC)cc1I. The van der Waals surface area contributed by atoms with Gasteiger partial charge in [-0.3, -0.25) is 9.13 Å². The van der Waals surface area contributed by atoms with Gasteiger partial charge in [-0.05, 0) is 85.0 Å². The summed E-state index contributed by atoms with van der Waals surface area (Å²) in [6, 6.07) is 3.35. The van der Waals surface area contributed by atoms with Crippen molar-refractivity contribution >= 4 is 71.0 Å². The fourth-order valence-corrected chi connectivity index (χ4v) is 8.47. The van der Waals surface area contributed by atoms with Gasteiger partial charge >= 0.3 is 15.2 Å². The van der Waals surface area contributed by atoms with Gasteiger partial charge in [-0.1, -0.05) is 0 Å². The molecule has 0 unspecified atom stereocenters. The Morgan fingerprint density at radius 2 is 0.958 bits per heavy atom. The second-order valence-electron chi connectivity index (χ2n) is 4.42. The standard InChI is InChI=1S/C14H22I2O6P2/c1-5-19-23(17,20-6-2)13-9-12(16)14(10-11(13)15)24(18,21-7-3)22-8-4/h9-10H,5-8H2,1-4H3. The number of rotatable bonds is 10. The molecule has 0 bridgehead atoms. The molecule has 6 nitrogen and oxygen atoms in total. The van der Waals surface area contributed by atoms with Gasteiger partial charge in [-0.25, -0.2) is 0 Å². The summed E-state index contributed by atoms with van der Waals surface area (Å²) in [5.41, 5.74) is 0. The maximum atomic E-state index is 13.0. The monoisotopic (exact) mass is 602 g/mol. The third-order valence-electron chi connectivity index (χ3n) is 2.80. The molecule has 0 N–H and O–H groups in total. The molecule has 0 spiro atoms. The molecule has 1 aromatic rings. The molecule has 0 aliphatic rings. The van der Waals surface area contributed by atoms with Gasteiger partial charge in [0.25, 0.3) is 0 Å². The van der Waals surface area contributed by atoms with E-state index < -0.39 is 15.2 Å². The molecule has 0 radical (unpaired) electrons. The molecule has 24 heavy (non-hydrogen) atoms. The van der Waals surface area contributed by atoms with E-state index in [1.54, 1.807) is 39.8 Å². The van der Waals surface area contributed by atoms with E-state index in [4.69, 9.17) is 18.1 Å². The molecule has 0 aliphatic heterocycles. The van der Waals surface area contributed by atoms with Crippen LogP contribution in [0.25, 0.3) is 0 Å². The summed E-state index contributed by atoms with van der Waals surface area (Å²) in [7, 11) is -6.85. The third-order valence-corrected chi connectivity index (χ3v) is 9.75. The van der Waals surface area contributed by atoms with Crippen LogP contribution in [0, 0.1) is 7.14 Å². The minimum atomic E-state index is -3.42. The molecule has 1 aromatic carbocycles. The van der Waals surface area contributed by atoms with Crippen LogP contribution in [-0.4, -0.2) is 26.4 Å². The van der Waals surface area contributed by atoms with Crippen LogP contribution in [0.4, 0.5) is 0 Å². The molecule has 0 atom stereocenters. The van der Waals surface area contributed by atoms with Gasteiger partial charge in [-0.2, -0.15) is 0 Å². The molecule has 0 fully saturated rings. The Hall–Kier alpha value is 0.980. The highest BCUT2D eigenvalue weighted by molar-refractivity contribution is 14.1. The molecule has 0 aliphatic carbocycles. The van der Waals surface area contributed by atoms with Gasteiger partial charge in [0, 0.05) is 7.14 Å². The van der Waals surface area contributed by atoms with Crippen molar-refractivity contribution in [2.24, 2.45) is 0 Å². The zero-order valence-electron chi connectivity index (χ0n) is 14.1. The van der Waals surface area contributed by atoms with E-state index in [0.717, 1.165) is 0 Å². The maximum Gasteiger partial charge on any atom is 0.362 e. The fraction of sp³-hybridized carbons (Fsp3) is 0.571. The number of benzene rings is 1. The Morgan fingerprint density at radius 3 is 1.17 bits per heavy atom. The quantitative estimate of drug-likeness (QED) is 0.287. The highest BCUT2D eigenvalue weighted by Crippen LogP contribution is 2.51. The van der Waals surface area contributed by atoms with Gasteiger partial charge in [0.1, 0.15) is 0 Å². The maximum absolute atomic E-state index is 13.0. The zero-order valence-corrected chi connectivity index (χ0v) is 20.2. The summed E-state index contributed by atoms with van der Waals surface area (Å²) in [5, 5.41) is 0.916. The summed E-state index contributed by atoms with van der Waals surface area (Å²) in [4.78, 5) is 0. The lowest BCUT2D eigenvalue weighted by Crippen LogP contribution is -2.22. The van der Waals surface area contributed by atoms with Crippen molar-refractivity contribution in [2.75, 3.05) is 26.4 Å². The Morgan fingerprint density at radius 1 is 0.708 bits per heavy atom. The first-order valence-corrected chi connectivity index (χ1v) is 12.8. The van der Waals surface area contributed by atoms with Crippen LogP contribution in [0.3, 0.4) is 0 Å². The van der Waals surface area contributed by atoms with Crippen molar-refractivity contribution in [1.29, 1.82) is 0 Å². The van der Waals surface area contributed by atoms with Crippen LogP contribution in [0.2, 0.25) is 0 Å². The average molecular weight is 602 g/mol. The second-order valence-corrected chi connectivity index (χ2v) is 10.7. The molecule has 10 heteroatoms. The van der Waals surface area contributed by atoms with E-state index in [1.165, 1.54) is 0 Å². The smallest absolute Gasteiger partial charge is 0.305 e. The molecule has 1 rings (SSSR count). The number of halogens is 2. The molecular weight excluding hydrogens is 580 g/mol. The normalized spacial score (nSPS) is 12.6. The highest BCUT2D eigenvalue weighted by Gasteiger charge is 2.35. The van der Waals surface area contributed by atoms with E-state index in [9.17, 15) is 9.13 Å². The topological polar surface area (TPSA) is 71.1 Å². The van der Waals surface area contributed by atoms with E-state index in [1.807, 2.05) is 45.2 Å². The van der Waals surface area contributed by atoms with E-state index in [0.29, 0.717) is 17.7 Å². The van der Waals surface area contributed by atoms with Crippen molar-refractivity contribution in [3.63, 3.8) is 0 Å². The molecule has 0 aromatic heterocycles. The van der Waals surface area contributed by atoms with Gasteiger partial charge < -0.3 is 18.1 Å². The third kappa shape index (κ3) is 5.49. The lowest BCUT2D eigenvalue weighted by Gasteiger charge is -2.22. The van der Waals surface area contributed by atoms with Gasteiger partial charge in [0.05, 0.1) is 37.0 Å². The molecular formula is C14H22I2O6P2. The summed E-state index contributed by atoms with van der Waals surface area (Å²) < 4.78 is 48.9. The zero-order chi connectivity index (χ0) is 18.4. The Labute approximate surface area is 170 Å². The van der Waals surface area contributed by atoms with Crippen LogP contribution in [-0.2, 0) is 27.2 Å². The van der Waals surface area contributed by atoms with Gasteiger partial charge in [0.15, 0.2) is 0 Å². The lowest BCUT2D eigenvalue weighted by molar-refractivity contribution is 0.228. The van der Waals surface area contributed by atoms with Crippen molar-refractivity contribution in [2.45, 2.75) is 27.7 Å². The highest BCUT2D eigenvalue weighted by atomic mass is 127.